The van der Waals surface area contributed by atoms with Crippen molar-refractivity contribution in [3.8, 4) is 0 Å². The standard InChI is InChI=1S/C25H36O6/c1-8-14(3)21(26)30-17-12-25(7)18(11-10-16-13-29-23(28)19(16)25)24(5,6)20(17)31-22(27)15(4)9-2/h8-10,17-20,23,28H,11-13H2,1-7H3/b14-8-,15-9-/t17-,18+,19?,20+,23-,25+/m1/s1. The minimum atomic E-state index is -0.882. The van der Waals surface area contributed by atoms with E-state index < -0.39 is 35.9 Å². The van der Waals surface area contributed by atoms with Gasteiger partial charge in [-0.25, -0.2) is 9.59 Å². The molecule has 31 heavy (non-hydrogen) atoms. The zero-order valence-electron chi connectivity index (χ0n) is 19.7. The second kappa shape index (κ2) is 8.55. The number of carbonyl (C=O) groups is 2. The summed E-state index contributed by atoms with van der Waals surface area (Å²) in [5.41, 5.74) is 1.28. The van der Waals surface area contributed by atoms with Crippen LogP contribution in [0.1, 0.15) is 61.3 Å². The topological polar surface area (TPSA) is 82.1 Å². The Kier molecular flexibility index (Phi) is 6.55. The summed E-state index contributed by atoms with van der Waals surface area (Å²) in [6.07, 6.45) is 4.77. The molecule has 1 saturated heterocycles. The molecule has 0 amide bonds. The van der Waals surface area contributed by atoms with Gasteiger partial charge < -0.3 is 19.3 Å². The number of aliphatic hydroxyl groups excluding tert-OH is 1. The van der Waals surface area contributed by atoms with Crippen molar-refractivity contribution in [2.75, 3.05) is 6.61 Å². The smallest absolute Gasteiger partial charge is 0.333 e. The van der Waals surface area contributed by atoms with Crippen molar-refractivity contribution in [2.45, 2.75) is 79.8 Å². The Hall–Kier alpha value is -1.92. The largest absolute Gasteiger partial charge is 0.455 e. The Labute approximate surface area is 185 Å². The second-order valence-electron chi connectivity index (χ2n) is 9.99. The van der Waals surface area contributed by atoms with Crippen LogP contribution in [0.25, 0.3) is 0 Å². The van der Waals surface area contributed by atoms with E-state index in [0.29, 0.717) is 24.2 Å². The number of carbonyl (C=O) groups excluding carboxylic acids is 2. The average molecular weight is 433 g/mol. The molecule has 0 aromatic rings. The van der Waals surface area contributed by atoms with Gasteiger partial charge in [-0.3, -0.25) is 0 Å². The fourth-order valence-corrected chi connectivity index (χ4v) is 5.89. The van der Waals surface area contributed by atoms with E-state index in [-0.39, 0.29) is 17.3 Å². The van der Waals surface area contributed by atoms with Gasteiger partial charge in [0.25, 0.3) is 0 Å². The van der Waals surface area contributed by atoms with Crippen molar-refractivity contribution >= 4 is 11.9 Å². The lowest BCUT2D eigenvalue weighted by Crippen LogP contribution is -2.62. The maximum atomic E-state index is 12.7. The van der Waals surface area contributed by atoms with Crippen LogP contribution in [0.3, 0.4) is 0 Å². The van der Waals surface area contributed by atoms with Crippen LogP contribution in [0.15, 0.2) is 34.9 Å². The highest BCUT2D eigenvalue weighted by Crippen LogP contribution is 2.62. The van der Waals surface area contributed by atoms with E-state index in [1.807, 2.05) is 0 Å². The molecule has 0 spiro atoms. The van der Waals surface area contributed by atoms with Crippen LogP contribution in [-0.4, -0.2) is 42.1 Å². The summed E-state index contributed by atoms with van der Waals surface area (Å²) < 4.78 is 17.5. The molecule has 1 N–H and O–H groups in total. The Bertz CT molecular complexity index is 835. The third-order valence-electron chi connectivity index (χ3n) is 7.84. The first-order valence-electron chi connectivity index (χ1n) is 11.1. The monoisotopic (exact) mass is 432 g/mol. The molecule has 6 nitrogen and oxygen atoms in total. The van der Waals surface area contributed by atoms with Crippen LogP contribution in [0.5, 0.6) is 0 Å². The van der Waals surface area contributed by atoms with Gasteiger partial charge in [0.15, 0.2) is 6.29 Å². The SMILES string of the molecule is C/C=C(/C)C(=O)O[C@@H]1C[C@]2(C)C3C(=CC[C@H]2C(C)(C)[C@H]1OC(=O)/C(C)=C\C)CO[C@H]3O. The van der Waals surface area contributed by atoms with Crippen molar-refractivity contribution < 1.29 is 28.9 Å². The Morgan fingerprint density at radius 2 is 1.68 bits per heavy atom. The van der Waals surface area contributed by atoms with Crippen LogP contribution < -0.4 is 0 Å². The second-order valence-corrected chi connectivity index (χ2v) is 9.99. The molecule has 3 aliphatic rings. The quantitative estimate of drug-likeness (QED) is 0.409. The normalized spacial score (nSPS) is 37.4. The summed E-state index contributed by atoms with van der Waals surface area (Å²) in [5, 5.41) is 10.6. The number of esters is 2. The van der Waals surface area contributed by atoms with E-state index in [1.165, 1.54) is 0 Å². The Morgan fingerprint density at radius 3 is 2.26 bits per heavy atom. The molecule has 3 rings (SSSR count). The predicted molar refractivity (Wildman–Crippen MR) is 117 cm³/mol. The first-order chi connectivity index (χ1) is 14.5. The van der Waals surface area contributed by atoms with Crippen molar-refractivity contribution in [1.29, 1.82) is 0 Å². The maximum Gasteiger partial charge on any atom is 0.333 e. The molecule has 6 heteroatoms. The molecule has 1 heterocycles. The van der Waals surface area contributed by atoms with Gasteiger partial charge in [0.1, 0.15) is 12.2 Å². The third-order valence-corrected chi connectivity index (χ3v) is 7.84. The van der Waals surface area contributed by atoms with Gasteiger partial charge in [0.2, 0.25) is 0 Å². The van der Waals surface area contributed by atoms with Crippen LogP contribution in [0.4, 0.5) is 0 Å². The van der Waals surface area contributed by atoms with Crippen LogP contribution in [0, 0.1) is 22.7 Å². The lowest BCUT2D eigenvalue weighted by molar-refractivity contribution is -0.220. The minimum absolute atomic E-state index is 0.117. The van der Waals surface area contributed by atoms with E-state index >= 15 is 0 Å². The highest BCUT2D eigenvalue weighted by molar-refractivity contribution is 5.88. The van der Waals surface area contributed by atoms with Gasteiger partial charge in [0.05, 0.1) is 6.61 Å². The third kappa shape index (κ3) is 4.00. The highest BCUT2D eigenvalue weighted by atomic mass is 16.6. The Balaban J connectivity index is 2.03. The number of ether oxygens (including phenoxy) is 3. The van der Waals surface area contributed by atoms with E-state index in [0.717, 1.165) is 12.0 Å². The number of aliphatic hydroxyl groups is 1. The summed E-state index contributed by atoms with van der Waals surface area (Å²) in [4.78, 5) is 25.4. The number of hydrogen-bond donors (Lipinski definition) is 1. The molecular weight excluding hydrogens is 396 g/mol. The molecule has 1 saturated carbocycles. The fraction of sp³-hybridized carbons (Fsp3) is 0.680. The van der Waals surface area contributed by atoms with E-state index in [4.69, 9.17) is 14.2 Å². The van der Waals surface area contributed by atoms with Gasteiger partial charge in [-0.1, -0.05) is 39.0 Å². The summed E-state index contributed by atoms with van der Waals surface area (Å²) in [6, 6.07) is 0. The number of hydrogen-bond acceptors (Lipinski definition) is 6. The maximum absolute atomic E-state index is 12.7. The molecule has 0 aromatic heterocycles. The zero-order chi connectivity index (χ0) is 23.1. The van der Waals surface area contributed by atoms with Crippen molar-refractivity contribution in [2.24, 2.45) is 22.7 Å². The highest BCUT2D eigenvalue weighted by Gasteiger charge is 2.63. The van der Waals surface area contributed by atoms with Gasteiger partial charge in [0, 0.05) is 22.5 Å². The lowest BCUT2D eigenvalue weighted by atomic mass is 9.47. The minimum Gasteiger partial charge on any atom is -0.455 e. The van der Waals surface area contributed by atoms with E-state index in [9.17, 15) is 14.7 Å². The number of allylic oxidation sites excluding steroid dienone is 3. The van der Waals surface area contributed by atoms with Crippen molar-refractivity contribution in [1.82, 2.24) is 0 Å². The number of fused-ring (bicyclic) bond motifs is 3. The van der Waals surface area contributed by atoms with Gasteiger partial charge in [-0.15, -0.1) is 0 Å². The summed E-state index contributed by atoms with van der Waals surface area (Å²) in [7, 11) is 0. The van der Waals surface area contributed by atoms with Gasteiger partial charge >= 0.3 is 11.9 Å². The first kappa shape index (κ1) is 23.7. The average Bonchev–Trinajstić information content (AvgIpc) is 3.11. The summed E-state index contributed by atoms with van der Waals surface area (Å²) in [6.45, 7) is 13.7. The van der Waals surface area contributed by atoms with Crippen molar-refractivity contribution in [3.63, 3.8) is 0 Å². The van der Waals surface area contributed by atoms with Crippen LogP contribution >= 0.6 is 0 Å². The molecule has 0 radical (unpaired) electrons. The van der Waals surface area contributed by atoms with Gasteiger partial charge in [-0.05, 0) is 57.4 Å². The molecule has 172 valence electrons. The lowest BCUT2D eigenvalue weighted by Gasteiger charge is -2.59. The summed E-state index contributed by atoms with van der Waals surface area (Å²) in [5.74, 6) is -0.858. The van der Waals surface area contributed by atoms with Crippen LogP contribution in [0.2, 0.25) is 0 Å². The van der Waals surface area contributed by atoms with Crippen molar-refractivity contribution in [3.05, 3.63) is 34.9 Å². The molecule has 6 atom stereocenters. The van der Waals surface area contributed by atoms with E-state index in [1.54, 1.807) is 39.8 Å². The Morgan fingerprint density at radius 1 is 1.10 bits per heavy atom. The molecule has 1 aliphatic heterocycles. The first-order valence-corrected chi connectivity index (χ1v) is 11.1. The van der Waals surface area contributed by atoms with Crippen LogP contribution in [-0.2, 0) is 23.8 Å². The molecule has 2 fully saturated rings. The molecule has 0 aromatic carbocycles. The van der Waals surface area contributed by atoms with E-state index in [2.05, 4.69) is 26.8 Å². The number of rotatable bonds is 4. The molecule has 0 bridgehead atoms. The predicted octanol–water partition coefficient (Wildman–Crippen LogP) is 4.09. The molecule has 2 aliphatic carbocycles. The zero-order valence-corrected chi connectivity index (χ0v) is 19.7. The summed E-state index contributed by atoms with van der Waals surface area (Å²) >= 11 is 0. The molecule has 1 unspecified atom stereocenters. The van der Waals surface area contributed by atoms with Gasteiger partial charge in [-0.2, -0.15) is 0 Å². The fourth-order valence-electron chi connectivity index (χ4n) is 5.89. The molecular formula is C25H36O6.